The normalized spacial score (nSPS) is 10.7. The van der Waals surface area contributed by atoms with Crippen LogP contribution in [0.15, 0.2) is 53.8 Å². The molecule has 3 rings (SSSR count). The summed E-state index contributed by atoms with van der Waals surface area (Å²) in [5, 5.41) is 9.06. The molecular formula is C17H15N3O3. The van der Waals surface area contributed by atoms with Gasteiger partial charge in [-0.2, -0.15) is 0 Å². The molecule has 0 atom stereocenters. The van der Waals surface area contributed by atoms with Crippen LogP contribution in [0.2, 0.25) is 0 Å². The SMILES string of the molecule is CCc1cc(C(=O)O)c(=O)[nH]c1-c1ccc(-n2ccnc2)cc1. The molecule has 0 aliphatic heterocycles. The number of hydrogen-bond donors (Lipinski definition) is 2. The predicted octanol–water partition coefficient (Wildman–Crippen LogP) is 2.49. The third kappa shape index (κ3) is 2.78. The molecule has 6 heteroatoms. The van der Waals surface area contributed by atoms with E-state index in [9.17, 15) is 9.59 Å². The van der Waals surface area contributed by atoms with E-state index in [4.69, 9.17) is 5.11 Å². The lowest BCUT2D eigenvalue weighted by Crippen LogP contribution is -2.19. The van der Waals surface area contributed by atoms with Crippen LogP contribution in [-0.4, -0.2) is 25.6 Å². The van der Waals surface area contributed by atoms with Crippen LogP contribution < -0.4 is 5.56 Å². The number of imidazole rings is 1. The van der Waals surface area contributed by atoms with E-state index in [0.717, 1.165) is 16.8 Å². The topological polar surface area (TPSA) is 88.0 Å². The third-order valence-corrected chi connectivity index (χ3v) is 3.69. The average molecular weight is 309 g/mol. The van der Waals surface area contributed by atoms with Crippen molar-refractivity contribution in [3.8, 4) is 16.9 Å². The number of carboxylic acids is 1. The van der Waals surface area contributed by atoms with Gasteiger partial charge in [0.1, 0.15) is 5.56 Å². The molecule has 23 heavy (non-hydrogen) atoms. The maximum Gasteiger partial charge on any atom is 0.341 e. The number of pyridine rings is 1. The van der Waals surface area contributed by atoms with Gasteiger partial charge in [0.15, 0.2) is 0 Å². The van der Waals surface area contributed by atoms with Gasteiger partial charge in [0, 0.05) is 18.1 Å². The van der Waals surface area contributed by atoms with E-state index in [1.165, 1.54) is 6.07 Å². The van der Waals surface area contributed by atoms with E-state index in [2.05, 4.69) is 9.97 Å². The largest absolute Gasteiger partial charge is 0.477 e. The molecule has 116 valence electrons. The fourth-order valence-electron chi connectivity index (χ4n) is 2.48. The van der Waals surface area contributed by atoms with Gasteiger partial charge in [0.2, 0.25) is 0 Å². The van der Waals surface area contributed by atoms with E-state index in [1.54, 1.807) is 12.5 Å². The minimum Gasteiger partial charge on any atom is -0.477 e. The van der Waals surface area contributed by atoms with Crippen LogP contribution in [0.5, 0.6) is 0 Å². The molecule has 0 fully saturated rings. The number of aryl methyl sites for hydroxylation is 1. The number of aromatic nitrogens is 3. The van der Waals surface area contributed by atoms with Crippen molar-refractivity contribution in [2.24, 2.45) is 0 Å². The summed E-state index contributed by atoms with van der Waals surface area (Å²) >= 11 is 0. The number of nitrogens with one attached hydrogen (secondary N) is 1. The third-order valence-electron chi connectivity index (χ3n) is 3.69. The van der Waals surface area contributed by atoms with Gasteiger partial charge in [-0.15, -0.1) is 0 Å². The summed E-state index contributed by atoms with van der Waals surface area (Å²) in [4.78, 5) is 29.7. The number of hydrogen-bond acceptors (Lipinski definition) is 3. The minimum absolute atomic E-state index is 0.236. The summed E-state index contributed by atoms with van der Waals surface area (Å²) in [6, 6.07) is 9.06. The molecule has 2 aromatic heterocycles. The minimum atomic E-state index is -1.22. The highest BCUT2D eigenvalue weighted by atomic mass is 16.4. The molecular weight excluding hydrogens is 294 g/mol. The molecule has 3 aromatic rings. The summed E-state index contributed by atoms with van der Waals surface area (Å²) in [6.07, 6.45) is 5.87. The molecule has 0 amide bonds. The summed E-state index contributed by atoms with van der Waals surface area (Å²) in [7, 11) is 0. The quantitative estimate of drug-likeness (QED) is 0.775. The first-order valence-corrected chi connectivity index (χ1v) is 7.18. The zero-order valence-electron chi connectivity index (χ0n) is 12.5. The standard InChI is InChI=1S/C17H15N3O3/c1-2-11-9-14(17(22)23)16(21)19-15(11)12-3-5-13(6-4-12)20-8-7-18-10-20/h3-10H,2H2,1H3,(H,19,21)(H,22,23). The van der Waals surface area contributed by atoms with Crippen LogP contribution in [0.3, 0.4) is 0 Å². The Kier molecular flexibility index (Phi) is 3.80. The molecule has 0 bridgehead atoms. The highest BCUT2D eigenvalue weighted by Gasteiger charge is 2.14. The van der Waals surface area contributed by atoms with Crippen molar-refractivity contribution in [2.75, 3.05) is 0 Å². The molecule has 1 aromatic carbocycles. The van der Waals surface area contributed by atoms with Gasteiger partial charge in [-0.05, 0) is 35.7 Å². The molecule has 0 unspecified atom stereocenters. The molecule has 0 spiro atoms. The lowest BCUT2D eigenvalue weighted by atomic mass is 10.0. The fraction of sp³-hybridized carbons (Fsp3) is 0.118. The average Bonchev–Trinajstić information content (AvgIpc) is 3.09. The van der Waals surface area contributed by atoms with Crippen LogP contribution in [0.25, 0.3) is 16.9 Å². The van der Waals surface area contributed by atoms with Crippen LogP contribution >= 0.6 is 0 Å². The van der Waals surface area contributed by atoms with Crippen molar-refractivity contribution < 1.29 is 9.90 Å². The molecule has 0 aliphatic carbocycles. The number of aromatic carboxylic acids is 1. The van der Waals surface area contributed by atoms with Gasteiger partial charge in [-0.25, -0.2) is 9.78 Å². The number of nitrogens with zero attached hydrogens (tertiary/aromatic N) is 2. The number of rotatable bonds is 4. The highest BCUT2D eigenvalue weighted by molar-refractivity contribution is 5.88. The number of H-pyrrole nitrogens is 1. The smallest absolute Gasteiger partial charge is 0.341 e. The van der Waals surface area contributed by atoms with Crippen LogP contribution in [0, 0.1) is 0 Å². The zero-order valence-corrected chi connectivity index (χ0v) is 12.5. The first kappa shape index (κ1) is 14.8. The van der Waals surface area contributed by atoms with Crippen molar-refractivity contribution in [1.82, 2.24) is 14.5 Å². The molecule has 0 aliphatic rings. The second-order valence-corrected chi connectivity index (χ2v) is 5.09. The highest BCUT2D eigenvalue weighted by Crippen LogP contribution is 2.23. The Hall–Kier alpha value is -3.15. The molecule has 0 radical (unpaired) electrons. The molecule has 2 heterocycles. The Balaban J connectivity index is 2.06. The second kappa shape index (κ2) is 5.92. The predicted molar refractivity (Wildman–Crippen MR) is 86.0 cm³/mol. The number of aromatic amines is 1. The Morgan fingerprint density at radius 1 is 1.30 bits per heavy atom. The zero-order chi connectivity index (χ0) is 16.4. The summed E-state index contributed by atoms with van der Waals surface area (Å²) in [5.74, 6) is -1.22. The Bertz CT molecular complexity index is 894. The number of carboxylic acid groups (broad SMARTS) is 1. The fourth-order valence-corrected chi connectivity index (χ4v) is 2.48. The van der Waals surface area contributed by atoms with E-state index in [-0.39, 0.29) is 5.56 Å². The van der Waals surface area contributed by atoms with Crippen LogP contribution in [0.1, 0.15) is 22.8 Å². The summed E-state index contributed by atoms with van der Waals surface area (Å²) < 4.78 is 1.88. The maximum atomic E-state index is 11.9. The lowest BCUT2D eigenvalue weighted by molar-refractivity contribution is 0.0695. The first-order valence-electron chi connectivity index (χ1n) is 7.18. The van der Waals surface area contributed by atoms with E-state index < -0.39 is 11.5 Å². The van der Waals surface area contributed by atoms with Crippen molar-refractivity contribution in [3.63, 3.8) is 0 Å². The molecule has 6 nitrogen and oxygen atoms in total. The van der Waals surface area contributed by atoms with Crippen molar-refractivity contribution >= 4 is 5.97 Å². The lowest BCUT2D eigenvalue weighted by Gasteiger charge is -2.10. The number of carbonyl (C=O) groups is 1. The van der Waals surface area contributed by atoms with Gasteiger partial charge >= 0.3 is 5.97 Å². The Morgan fingerprint density at radius 3 is 2.61 bits per heavy atom. The summed E-state index contributed by atoms with van der Waals surface area (Å²) in [5.41, 5.74) is 2.40. The van der Waals surface area contributed by atoms with Crippen molar-refractivity contribution in [3.05, 3.63) is 70.5 Å². The van der Waals surface area contributed by atoms with Gasteiger partial charge in [0.25, 0.3) is 5.56 Å². The van der Waals surface area contributed by atoms with Crippen LogP contribution in [0.4, 0.5) is 0 Å². The van der Waals surface area contributed by atoms with Crippen molar-refractivity contribution in [2.45, 2.75) is 13.3 Å². The molecule has 2 N–H and O–H groups in total. The van der Waals surface area contributed by atoms with Gasteiger partial charge in [0.05, 0.1) is 12.0 Å². The second-order valence-electron chi connectivity index (χ2n) is 5.09. The number of benzene rings is 1. The summed E-state index contributed by atoms with van der Waals surface area (Å²) in [6.45, 7) is 1.92. The maximum absolute atomic E-state index is 11.9. The van der Waals surface area contributed by atoms with Crippen LogP contribution in [-0.2, 0) is 6.42 Å². The molecule has 0 saturated heterocycles. The first-order chi connectivity index (χ1) is 11.1. The van der Waals surface area contributed by atoms with Gasteiger partial charge in [-0.3, -0.25) is 4.79 Å². The monoisotopic (exact) mass is 309 g/mol. The van der Waals surface area contributed by atoms with E-state index in [1.807, 2.05) is 42.0 Å². The Morgan fingerprint density at radius 2 is 2.04 bits per heavy atom. The van der Waals surface area contributed by atoms with E-state index >= 15 is 0 Å². The van der Waals surface area contributed by atoms with E-state index in [0.29, 0.717) is 12.1 Å². The Labute approximate surface area is 132 Å². The van der Waals surface area contributed by atoms with Gasteiger partial charge in [-0.1, -0.05) is 19.1 Å². The van der Waals surface area contributed by atoms with Crippen molar-refractivity contribution in [1.29, 1.82) is 0 Å². The molecule has 0 saturated carbocycles. The van der Waals surface area contributed by atoms with Gasteiger partial charge < -0.3 is 14.7 Å².